The van der Waals surface area contributed by atoms with Gasteiger partial charge in [-0.25, -0.2) is 0 Å². The van der Waals surface area contributed by atoms with E-state index in [1.54, 1.807) is 0 Å². The Labute approximate surface area is 126 Å². The van der Waals surface area contributed by atoms with Crippen molar-refractivity contribution >= 4 is 17.4 Å². The lowest BCUT2D eigenvalue weighted by atomic mass is 10.0. The molecule has 88 valence electrons. The van der Waals surface area contributed by atoms with Crippen molar-refractivity contribution in [1.29, 1.82) is 0 Å². The van der Waals surface area contributed by atoms with Gasteiger partial charge in [-0.05, 0) is 39.5 Å². The number of nitrogens with one attached hydrogen (secondary N) is 1. The molecule has 0 aliphatic rings. The van der Waals surface area contributed by atoms with Gasteiger partial charge in [0.15, 0.2) is 5.78 Å². The first kappa shape index (κ1) is 2.93. The first-order valence-corrected chi connectivity index (χ1v) is 4.27. The molecule has 1 N–H and O–H groups in total. The molecular weight excluding hydrogens is 222 g/mol. The van der Waals surface area contributed by atoms with E-state index in [1.165, 1.54) is 5.32 Å². The maximum atomic E-state index is 13.2. The lowest BCUT2D eigenvalue weighted by molar-refractivity contribution is 0.0936. The average molecular weight is 257 g/mol. The minimum Gasteiger partial charge on any atom is -0.303 e. The molecule has 0 spiro atoms. The van der Waals surface area contributed by atoms with Crippen LogP contribution in [0.1, 0.15) is 61.1 Å². The number of ketones is 1. The van der Waals surface area contributed by atoms with E-state index in [2.05, 4.69) is 0 Å². The highest BCUT2D eigenvalue weighted by atomic mass is 35.5. The van der Waals surface area contributed by atoms with E-state index in [1.807, 2.05) is 0 Å². The van der Waals surface area contributed by atoms with E-state index in [9.17, 15) is 4.79 Å². The molecule has 0 saturated carbocycles. The summed E-state index contributed by atoms with van der Waals surface area (Å²) in [5.74, 6) is -2.10. The van der Waals surface area contributed by atoms with Gasteiger partial charge in [0.2, 0.25) is 0 Å². The molecule has 3 heteroatoms. The molecule has 0 radical (unpaired) electrons. The van der Waals surface area contributed by atoms with Crippen molar-refractivity contribution in [2.24, 2.45) is 0 Å². The van der Waals surface area contributed by atoms with Crippen LogP contribution < -0.4 is 5.32 Å². The molecule has 1 aromatic rings. The predicted molar refractivity (Wildman–Crippen MR) is 68.1 cm³/mol. The Bertz CT molecular complexity index is 878. The van der Waals surface area contributed by atoms with Gasteiger partial charge in [0, 0.05) is 32.6 Å². The van der Waals surface area contributed by atoms with Crippen LogP contribution in [0.2, 0.25) is 5.02 Å². The fourth-order valence-corrected chi connectivity index (χ4v) is 0.945. The van der Waals surface area contributed by atoms with Gasteiger partial charge in [-0.15, -0.1) is 0 Å². The number of carbonyl (C=O) groups is 1. The molecule has 0 amide bonds. The summed E-state index contributed by atoms with van der Waals surface area (Å²) in [4.78, 5) is 13.2. The van der Waals surface area contributed by atoms with Crippen molar-refractivity contribution in [2.75, 3.05) is 0 Å². The van der Waals surface area contributed by atoms with Crippen LogP contribution in [0.4, 0.5) is 0 Å². The maximum Gasteiger partial charge on any atom is 0.179 e. The highest BCUT2D eigenvalue weighted by molar-refractivity contribution is 6.31. The summed E-state index contributed by atoms with van der Waals surface area (Å²) >= 11 is 5.70. The van der Waals surface area contributed by atoms with Gasteiger partial charge in [0.05, 0.1) is 12.9 Å². The van der Waals surface area contributed by atoms with E-state index < -0.39 is 79.5 Å². The lowest BCUT2D eigenvalue weighted by Crippen LogP contribution is -2.46. The largest absolute Gasteiger partial charge is 0.303 e. The number of hydrogen-bond acceptors (Lipinski definition) is 2. The Balaban J connectivity index is 4.11. The summed E-state index contributed by atoms with van der Waals surface area (Å²) in [7, 11) is 0. The van der Waals surface area contributed by atoms with Crippen LogP contribution in [-0.4, -0.2) is 17.3 Å². The quantitative estimate of drug-likeness (QED) is 0.841. The summed E-state index contributed by atoms with van der Waals surface area (Å²) in [5.41, 5.74) is -5.43. The Kier molecular flexibility index (Phi) is 0.912. The van der Waals surface area contributed by atoms with Gasteiger partial charge in [0.1, 0.15) is 0 Å². The standard InChI is InChI=1S/C13H18ClNO/c1-9(15-13(2,3)4)12(16)10-6-5-7-11(14)8-10/h5-9,15H,1-4H3/t9-/m0/s1/i1D3,2D3,3D3,4D3,5D,6D,7D,8D,9D. The average Bonchev–Trinajstić information content (AvgIpc) is 2.58. The Morgan fingerprint density at radius 3 is 3.00 bits per heavy atom. The van der Waals surface area contributed by atoms with Crippen LogP contribution in [0.25, 0.3) is 0 Å². The van der Waals surface area contributed by atoms with E-state index in [-0.39, 0.29) is 0 Å². The van der Waals surface area contributed by atoms with Crippen molar-refractivity contribution in [3.05, 3.63) is 34.8 Å². The van der Waals surface area contributed by atoms with Crippen molar-refractivity contribution in [2.45, 2.75) is 39.0 Å². The topological polar surface area (TPSA) is 29.1 Å². The molecule has 0 heterocycles. The van der Waals surface area contributed by atoms with E-state index >= 15 is 0 Å². The smallest absolute Gasteiger partial charge is 0.179 e. The number of benzene rings is 1. The van der Waals surface area contributed by atoms with Gasteiger partial charge >= 0.3 is 0 Å². The molecule has 1 atom stereocenters. The highest BCUT2D eigenvalue weighted by Gasteiger charge is 2.20. The van der Waals surface area contributed by atoms with Crippen molar-refractivity contribution in [3.8, 4) is 0 Å². The second-order valence-electron chi connectivity index (χ2n) is 2.77. The van der Waals surface area contributed by atoms with Gasteiger partial charge in [-0.1, -0.05) is 23.7 Å². The summed E-state index contributed by atoms with van der Waals surface area (Å²) in [5, 5.41) is 0.385. The zero-order chi connectivity index (χ0) is 26.7. The number of Topliss-reactive ketones (excluding diaryl/α,β-unsaturated/α-hetero) is 1. The van der Waals surface area contributed by atoms with E-state index in [0.717, 1.165) is 0 Å². The number of halogens is 1. The van der Waals surface area contributed by atoms with E-state index in [0.29, 0.717) is 0 Å². The van der Waals surface area contributed by atoms with Crippen LogP contribution in [0.15, 0.2) is 24.2 Å². The number of rotatable bonds is 3. The molecule has 0 fully saturated rings. The van der Waals surface area contributed by atoms with Gasteiger partial charge in [0.25, 0.3) is 0 Å². The summed E-state index contributed by atoms with van der Waals surface area (Å²) in [6.45, 7) is -16.0. The van der Waals surface area contributed by atoms with Crippen molar-refractivity contribution in [3.63, 3.8) is 0 Å². The third kappa shape index (κ3) is 3.95. The van der Waals surface area contributed by atoms with Gasteiger partial charge in [-0.2, -0.15) is 0 Å². The van der Waals surface area contributed by atoms with Crippen LogP contribution in [-0.2, 0) is 0 Å². The van der Waals surface area contributed by atoms with Crippen LogP contribution in [0.3, 0.4) is 0 Å². The first-order valence-electron chi connectivity index (χ1n) is 12.4. The highest BCUT2D eigenvalue weighted by Crippen LogP contribution is 2.13. The Morgan fingerprint density at radius 1 is 1.62 bits per heavy atom. The zero-order valence-electron chi connectivity index (χ0n) is 24.8. The third-order valence-electron chi connectivity index (χ3n) is 1.36. The van der Waals surface area contributed by atoms with Crippen LogP contribution in [0.5, 0.6) is 0 Å². The normalized spacial score (nSPS) is 34.2. The molecule has 0 bridgehead atoms. The number of hydrogen-bond donors (Lipinski definition) is 1. The minimum atomic E-state index is -4.12. The molecule has 0 aliphatic heterocycles. The van der Waals surface area contributed by atoms with Crippen LogP contribution >= 0.6 is 11.6 Å². The van der Waals surface area contributed by atoms with Crippen LogP contribution in [0, 0.1) is 0 Å². The molecule has 0 unspecified atom stereocenters. The maximum absolute atomic E-state index is 13.2. The van der Waals surface area contributed by atoms with Crippen molar-refractivity contribution < 1.29 is 28.1 Å². The summed E-state index contributed by atoms with van der Waals surface area (Å²) < 4.78 is 130. The molecule has 1 aromatic carbocycles. The SMILES string of the molecule is [2H]c1c([2H])c(Cl)c([2H])c(C(=O)[C@@]([2H])(NC(C([2H])([2H])[2H])(C([2H])([2H])[2H])C([2H])([2H])[2H])C([2H])([2H])[2H])c1[2H]. The Hall–Kier alpha value is -0.860. The molecular formula is C13H18ClNO. The summed E-state index contributed by atoms with van der Waals surface area (Å²) in [6, 6.07) is -8.33. The fourth-order valence-electron chi connectivity index (χ4n) is 0.804. The second-order valence-corrected chi connectivity index (χ2v) is 3.15. The molecule has 2 nitrogen and oxygen atoms in total. The second kappa shape index (κ2) is 4.98. The molecule has 1 rings (SSSR count). The molecule has 0 saturated heterocycles. The zero-order valence-corrected chi connectivity index (χ0v) is 8.54. The first-order chi connectivity index (χ1) is 14.3. The van der Waals surface area contributed by atoms with E-state index in [4.69, 9.17) is 34.9 Å². The number of carbonyl (C=O) groups excluding carboxylic acids is 1. The fraction of sp³-hybridized carbons (Fsp3) is 0.462. The van der Waals surface area contributed by atoms with Gasteiger partial charge in [-0.3, -0.25) is 4.79 Å². The predicted octanol–water partition coefficient (Wildman–Crippen LogP) is 3.30. The van der Waals surface area contributed by atoms with Crippen molar-refractivity contribution in [1.82, 2.24) is 5.32 Å². The molecule has 0 aliphatic carbocycles. The third-order valence-corrected chi connectivity index (χ3v) is 1.55. The monoisotopic (exact) mass is 256 g/mol. The lowest BCUT2D eigenvalue weighted by Gasteiger charge is -2.25. The summed E-state index contributed by atoms with van der Waals surface area (Å²) in [6.07, 6.45) is 0. The minimum absolute atomic E-state index is 0.873. The molecule has 16 heavy (non-hydrogen) atoms. The molecule has 0 aromatic heterocycles. The van der Waals surface area contributed by atoms with Gasteiger partial charge < -0.3 is 5.32 Å². The Morgan fingerprint density at radius 2 is 2.38 bits per heavy atom.